The Hall–Kier alpha value is -2.53. The smallest absolute Gasteiger partial charge is 0.208 e. The number of benzene rings is 2. The molecular weight excluding hydrogens is 350 g/mol. The Kier molecular flexibility index (Phi) is 4.09. The van der Waals surface area contributed by atoms with Gasteiger partial charge in [0.1, 0.15) is 11.5 Å². The SMILES string of the molecule is COc1cccc(C2=NN3[C@@H](C2)c2cc(C)ccc2OC32CC[NH+](C)CC2)c1. The zero-order chi connectivity index (χ0) is 19.3. The summed E-state index contributed by atoms with van der Waals surface area (Å²) >= 11 is 0. The highest BCUT2D eigenvalue weighted by atomic mass is 16.5. The molecule has 5 nitrogen and oxygen atoms in total. The first-order chi connectivity index (χ1) is 13.6. The van der Waals surface area contributed by atoms with Gasteiger partial charge in [-0.3, -0.25) is 0 Å². The summed E-state index contributed by atoms with van der Waals surface area (Å²) in [6.45, 7) is 4.36. The van der Waals surface area contributed by atoms with E-state index in [0.717, 1.165) is 55.1 Å². The predicted octanol–water partition coefficient (Wildman–Crippen LogP) is 2.55. The normalized spacial score (nSPS) is 28.4. The molecule has 0 amide bonds. The molecule has 0 aliphatic carbocycles. The lowest BCUT2D eigenvalue weighted by atomic mass is 9.90. The molecule has 0 bridgehead atoms. The topological polar surface area (TPSA) is 38.5 Å². The van der Waals surface area contributed by atoms with E-state index < -0.39 is 0 Å². The van der Waals surface area contributed by atoms with Crippen LogP contribution in [0.3, 0.4) is 0 Å². The van der Waals surface area contributed by atoms with Gasteiger partial charge in [0, 0.05) is 17.5 Å². The third-order valence-electron chi connectivity index (χ3n) is 6.44. The summed E-state index contributed by atoms with van der Waals surface area (Å²) in [4.78, 5) is 1.57. The Labute approximate surface area is 166 Å². The second-order valence-corrected chi connectivity index (χ2v) is 8.39. The fourth-order valence-corrected chi connectivity index (χ4v) is 4.78. The second-order valence-electron chi connectivity index (χ2n) is 8.39. The molecule has 0 aromatic heterocycles. The van der Waals surface area contributed by atoms with Gasteiger partial charge in [-0.2, -0.15) is 5.10 Å². The van der Waals surface area contributed by atoms with E-state index >= 15 is 0 Å². The van der Waals surface area contributed by atoms with Gasteiger partial charge in [-0.1, -0.05) is 29.8 Å². The minimum atomic E-state index is -0.326. The van der Waals surface area contributed by atoms with Crippen LogP contribution in [0.5, 0.6) is 11.5 Å². The number of rotatable bonds is 2. The van der Waals surface area contributed by atoms with E-state index in [1.165, 1.54) is 11.1 Å². The lowest BCUT2D eigenvalue weighted by Gasteiger charge is -2.49. The van der Waals surface area contributed by atoms with Gasteiger partial charge in [0.2, 0.25) is 5.72 Å². The number of hydrogen-bond acceptors (Lipinski definition) is 4. The molecule has 146 valence electrons. The summed E-state index contributed by atoms with van der Waals surface area (Å²) in [5.41, 5.74) is 4.45. The molecule has 1 spiro atoms. The molecule has 1 N–H and O–H groups in total. The van der Waals surface area contributed by atoms with E-state index in [4.69, 9.17) is 14.6 Å². The van der Waals surface area contributed by atoms with E-state index in [-0.39, 0.29) is 11.8 Å². The van der Waals surface area contributed by atoms with Gasteiger partial charge in [0.15, 0.2) is 0 Å². The number of ether oxygens (including phenoxy) is 2. The highest BCUT2D eigenvalue weighted by molar-refractivity contribution is 6.02. The Morgan fingerprint density at radius 1 is 1.18 bits per heavy atom. The summed E-state index contributed by atoms with van der Waals surface area (Å²) in [5.74, 6) is 1.91. The maximum atomic E-state index is 6.69. The lowest BCUT2D eigenvalue weighted by molar-refractivity contribution is -0.888. The van der Waals surface area contributed by atoms with Crippen molar-refractivity contribution in [1.29, 1.82) is 0 Å². The molecule has 5 rings (SSSR count). The number of nitrogens with one attached hydrogen (secondary N) is 1. The number of likely N-dealkylation sites (tertiary alicyclic amines) is 1. The molecule has 2 aromatic carbocycles. The van der Waals surface area contributed by atoms with Crippen LogP contribution in [0.15, 0.2) is 47.6 Å². The first kappa shape index (κ1) is 17.6. The van der Waals surface area contributed by atoms with Crippen molar-refractivity contribution < 1.29 is 14.4 Å². The van der Waals surface area contributed by atoms with Crippen LogP contribution in [0.25, 0.3) is 0 Å². The summed E-state index contributed by atoms with van der Waals surface area (Å²) in [6, 6.07) is 15.0. The van der Waals surface area contributed by atoms with Crippen molar-refractivity contribution in [1.82, 2.24) is 5.01 Å². The molecule has 3 aliphatic rings. The van der Waals surface area contributed by atoms with Crippen LogP contribution in [0.4, 0.5) is 0 Å². The van der Waals surface area contributed by atoms with Gasteiger partial charge < -0.3 is 14.4 Å². The van der Waals surface area contributed by atoms with Crippen molar-refractivity contribution in [3.8, 4) is 11.5 Å². The van der Waals surface area contributed by atoms with Crippen molar-refractivity contribution in [2.75, 3.05) is 27.2 Å². The number of methoxy groups -OCH3 is 1. The number of hydrogen-bond donors (Lipinski definition) is 1. The fraction of sp³-hybridized carbons (Fsp3) is 0.435. The van der Waals surface area contributed by atoms with Crippen molar-refractivity contribution in [3.05, 3.63) is 59.2 Å². The largest absolute Gasteiger partial charge is 0.497 e. The highest BCUT2D eigenvalue weighted by Gasteiger charge is 2.52. The van der Waals surface area contributed by atoms with Crippen molar-refractivity contribution in [3.63, 3.8) is 0 Å². The van der Waals surface area contributed by atoms with Crippen molar-refractivity contribution >= 4 is 5.71 Å². The Morgan fingerprint density at radius 3 is 2.79 bits per heavy atom. The molecular formula is C23H28N3O2+. The molecule has 2 aromatic rings. The summed E-state index contributed by atoms with van der Waals surface area (Å²) in [5, 5.41) is 7.43. The molecule has 0 radical (unpaired) electrons. The summed E-state index contributed by atoms with van der Waals surface area (Å²) < 4.78 is 12.1. The van der Waals surface area contributed by atoms with E-state index in [0.29, 0.717) is 0 Å². The molecule has 5 heteroatoms. The number of nitrogens with zero attached hydrogens (tertiary/aromatic N) is 2. The average molecular weight is 378 g/mol. The van der Waals surface area contributed by atoms with Gasteiger partial charge in [-0.05, 0) is 25.1 Å². The van der Waals surface area contributed by atoms with E-state index in [1.807, 2.05) is 12.1 Å². The van der Waals surface area contributed by atoms with Crippen molar-refractivity contribution in [2.24, 2.45) is 5.10 Å². The fourth-order valence-electron chi connectivity index (χ4n) is 4.78. The standard InChI is InChI=1S/C23H27N3O2/c1-16-7-8-22-19(13-16)21-15-20(17-5-4-6-18(14-17)27-3)24-26(21)23(28-22)9-11-25(2)12-10-23/h4-8,13-14,21H,9-12,15H2,1-3H3/p+1/t21-/m0/s1. The highest BCUT2D eigenvalue weighted by Crippen LogP contribution is 2.49. The zero-order valence-corrected chi connectivity index (χ0v) is 16.9. The van der Waals surface area contributed by atoms with Gasteiger partial charge in [-0.25, -0.2) is 5.01 Å². The quantitative estimate of drug-likeness (QED) is 0.873. The number of fused-ring (bicyclic) bond motifs is 4. The van der Waals surface area contributed by atoms with Crippen LogP contribution in [0, 0.1) is 6.92 Å². The molecule has 1 atom stereocenters. The first-order valence-corrected chi connectivity index (χ1v) is 10.2. The van der Waals surface area contributed by atoms with Crippen LogP contribution in [-0.2, 0) is 0 Å². The maximum Gasteiger partial charge on any atom is 0.208 e. The molecule has 1 saturated heterocycles. The Bertz CT molecular complexity index is 931. The number of quaternary nitrogens is 1. The summed E-state index contributed by atoms with van der Waals surface area (Å²) in [6.07, 6.45) is 2.90. The van der Waals surface area contributed by atoms with Gasteiger partial charge in [0.05, 0.1) is 51.8 Å². The minimum absolute atomic E-state index is 0.239. The van der Waals surface area contributed by atoms with E-state index in [1.54, 1.807) is 12.0 Å². The maximum absolute atomic E-state index is 6.69. The van der Waals surface area contributed by atoms with Crippen LogP contribution in [0.2, 0.25) is 0 Å². The Balaban J connectivity index is 1.58. The van der Waals surface area contributed by atoms with Gasteiger partial charge in [-0.15, -0.1) is 0 Å². The number of piperidine rings is 1. The molecule has 3 aliphatic heterocycles. The van der Waals surface area contributed by atoms with Gasteiger partial charge in [0.25, 0.3) is 0 Å². The lowest BCUT2D eigenvalue weighted by Crippen LogP contribution is -3.11. The first-order valence-electron chi connectivity index (χ1n) is 10.2. The van der Waals surface area contributed by atoms with Gasteiger partial charge >= 0.3 is 0 Å². The third kappa shape index (κ3) is 2.76. The number of aryl methyl sites for hydroxylation is 1. The second kappa shape index (κ2) is 6.52. The number of hydrazone groups is 1. The molecule has 1 fully saturated rings. The van der Waals surface area contributed by atoms with Crippen LogP contribution in [0.1, 0.15) is 42.0 Å². The van der Waals surface area contributed by atoms with Crippen LogP contribution >= 0.6 is 0 Å². The monoisotopic (exact) mass is 378 g/mol. The Morgan fingerprint density at radius 2 is 2.00 bits per heavy atom. The van der Waals surface area contributed by atoms with E-state index in [9.17, 15) is 0 Å². The summed E-state index contributed by atoms with van der Waals surface area (Å²) in [7, 11) is 3.97. The molecule has 0 saturated carbocycles. The van der Waals surface area contributed by atoms with Crippen LogP contribution < -0.4 is 14.4 Å². The molecule has 3 heterocycles. The van der Waals surface area contributed by atoms with Crippen molar-refractivity contribution in [2.45, 2.75) is 38.0 Å². The van der Waals surface area contributed by atoms with E-state index in [2.05, 4.69) is 49.3 Å². The minimum Gasteiger partial charge on any atom is -0.497 e. The molecule has 28 heavy (non-hydrogen) atoms. The zero-order valence-electron chi connectivity index (χ0n) is 16.9. The van der Waals surface area contributed by atoms with Crippen LogP contribution in [-0.4, -0.2) is 43.7 Å². The average Bonchev–Trinajstić information content (AvgIpc) is 3.18. The molecule has 0 unspecified atom stereocenters. The predicted molar refractivity (Wildman–Crippen MR) is 109 cm³/mol. The third-order valence-corrected chi connectivity index (χ3v) is 6.44.